The van der Waals surface area contributed by atoms with E-state index in [0.717, 1.165) is 15.4 Å². The van der Waals surface area contributed by atoms with Crippen molar-refractivity contribution in [1.82, 2.24) is 34.4 Å². The van der Waals surface area contributed by atoms with Crippen LogP contribution < -0.4 is 15.7 Å². The highest BCUT2D eigenvalue weighted by Gasteiger charge is 2.45. The fourth-order valence-corrected chi connectivity index (χ4v) is 3.70. The first kappa shape index (κ1) is 20.3. The standard InChI is InChI=1S/C13H16F3N7O4S/c1-22-12(25)23-5-17-9(10(23)19-21-22)11(24)18-7-2-6(13(14,15)16)3-8(4-7)20-28(26)27/h5-8,20H,2-4H2,1H3,(H,18,24)(H,26,27)/p-1. The smallest absolute Gasteiger partial charge is 0.391 e. The lowest BCUT2D eigenvalue weighted by Gasteiger charge is -2.36. The van der Waals surface area contributed by atoms with E-state index in [1.807, 2.05) is 4.72 Å². The van der Waals surface area contributed by atoms with Gasteiger partial charge in [0.25, 0.3) is 5.91 Å². The van der Waals surface area contributed by atoms with Gasteiger partial charge in [0.2, 0.25) is 0 Å². The molecule has 1 saturated carbocycles. The molecule has 1 amide bonds. The van der Waals surface area contributed by atoms with Crippen LogP contribution in [0, 0.1) is 5.92 Å². The van der Waals surface area contributed by atoms with Gasteiger partial charge in [0.15, 0.2) is 11.3 Å². The lowest BCUT2D eigenvalue weighted by molar-refractivity contribution is -0.185. The Hall–Kier alpha value is -2.39. The minimum Gasteiger partial charge on any atom is -0.760 e. The van der Waals surface area contributed by atoms with Crippen molar-refractivity contribution in [3.05, 3.63) is 22.5 Å². The molecule has 2 aromatic rings. The summed E-state index contributed by atoms with van der Waals surface area (Å²) in [5.41, 5.74) is -1.01. The van der Waals surface area contributed by atoms with Crippen LogP contribution in [-0.4, -0.2) is 57.3 Å². The topological polar surface area (TPSA) is 146 Å². The van der Waals surface area contributed by atoms with Crippen LogP contribution in [0.25, 0.3) is 5.65 Å². The number of hydrogen-bond donors (Lipinski definition) is 2. The second-order valence-electron chi connectivity index (χ2n) is 6.45. The summed E-state index contributed by atoms with van der Waals surface area (Å²) in [6, 6.07) is -1.93. The lowest BCUT2D eigenvalue weighted by Crippen LogP contribution is -2.49. The number of aromatic nitrogens is 5. The third-order valence-electron chi connectivity index (χ3n) is 4.48. The number of rotatable bonds is 4. The van der Waals surface area contributed by atoms with Crippen LogP contribution in [0.2, 0.25) is 0 Å². The second-order valence-corrected chi connectivity index (χ2v) is 7.15. The van der Waals surface area contributed by atoms with E-state index in [-0.39, 0.29) is 17.8 Å². The largest absolute Gasteiger partial charge is 0.760 e. The highest BCUT2D eigenvalue weighted by Crippen LogP contribution is 2.37. The minimum absolute atomic E-state index is 0.0223. The SMILES string of the molecule is Cn1nnc2c(C(=O)NC3CC(NS(=O)[O-])CC(C(F)(F)F)C3)ncn2c1=O. The van der Waals surface area contributed by atoms with Crippen LogP contribution in [-0.2, 0) is 18.3 Å². The van der Waals surface area contributed by atoms with Crippen molar-refractivity contribution in [2.24, 2.45) is 13.0 Å². The molecule has 4 unspecified atom stereocenters. The molecular formula is C13H15F3N7O4S-. The van der Waals surface area contributed by atoms with Gasteiger partial charge in [-0.05, 0) is 19.3 Å². The van der Waals surface area contributed by atoms with E-state index in [2.05, 4.69) is 20.6 Å². The molecule has 2 heterocycles. The zero-order valence-electron chi connectivity index (χ0n) is 14.3. The third-order valence-corrected chi connectivity index (χ3v) is 5.01. The molecule has 0 radical (unpaired) electrons. The Morgan fingerprint density at radius 2 is 2.00 bits per heavy atom. The van der Waals surface area contributed by atoms with Crippen molar-refractivity contribution in [2.45, 2.75) is 37.5 Å². The number of carbonyl (C=O) groups is 1. The van der Waals surface area contributed by atoms with E-state index >= 15 is 0 Å². The van der Waals surface area contributed by atoms with Gasteiger partial charge in [0.1, 0.15) is 6.33 Å². The van der Waals surface area contributed by atoms with Gasteiger partial charge in [0.05, 0.1) is 5.92 Å². The predicted octanol–water partition coefficient (Wildman–Crippen LogP) is -0.964. The number of nitrogens with one attached hydrogen (secondary N) is 2. The summed E-state index contributed by atoms with van der Waals surface area (Å²) < 4.78 is 65.0. The molecule has 2 aromatic heterocycles. The molecule has 1 aliphatic carbocycles. The first-order valence-electron chi connectivity index (χ1n) is 8.06. The Morgan fingerprint density at radius 1 is 1.32 bits per heavy atom. The summed E-state index contributed by atoms with van der Waals surface area (Å²) in [7, 11) is 1.35. The summed E-state index contributed by atoms with van der Waals surface area (Å²) in [6.07, 6.45) is -4.32. The number of imidazole rings is 1. The van der Waals surface area contributed by atoms with Crippen LogP contribution in [0.15, 0.2) is 11.1 Å². The average Bonchev–Trinajstić information content (AvgIpc) is 3.01. The van der Waals surface area contributed by atoms with E-state index in [1.165, 1.54) is 7.05 Å². The van der Waals surface area contributed by atoms with Crippen LogP contribution in [0.5, 0.6) is 0 Å². The van der Waals surface area contributed by atoms with E-state index in [1.54, 1.807) is 0 Å². The van der Waals surface area contributed by atoms with Crippen molar-refractivity contribution in [1.29, 1.82) is 0 Å². The molecule has 11 nitrogen and oxygen atoms in total. The van der Waals surface area contributed by atoms with Gasteiger partial charge in [-0.2, -0.15) is 17.9 Å². The first-order valence-corrected chi connectivity index (χ1v) is 9.13. The Labute approximate surface area is 157 Å². The number of aryl methyl sites for hydroxylation is 1. The number of hydrogen-bond acceptors (Lipinski definition) is 7. The minimum atomic E-state index is -4.54. The van der Waals surface area contributed by atoms with E-state index in [0.29, 0.717) is 0 Å². The summed E-state index contributed by atoms with van der Waals surface area (Å²) in [5, 5.41) is 9.67. The molecule has 0 saturated heterocycles. The summed E-state index contributed by atoms with van der Waals surface area (Å²) in [4.78, 5) is 28.2. The fraction of sp³-hybridized carbons (Fsp3) is 0.615. The normalized spacial score (nSPS) is 24.2. The van der Waals surface area contributed by atoms with Crippen LogP contribution >= 0.6 is 0 Å². The number of nitrogens with zero attached hydrogens (tertiary/aromatic N) is 5. The number of fused-ring (bicyclic) bond motifs is 1. The Morgan fingerprint density at radius 3 is 2.64 bits per heavy atom. The van der Waals surface area contributed by atoms with Gasteiger partial charge < -0.3 is 9.87 Å². The average molecular weight is 422 g/mol. The van der Waals surface area contributed by atoms with Gasteiger partial charge in [-0.25, -0.2) is 18.9 Å². The predicted molar refractivity (Wildman–Crippen MR) is 86.5 cm³/mol. The molecule has 0 spiro atoms. The number of alkyl halides is 3. The quantitative estimate of drug-likeness (QED) is 0.603. The lowest BCUT2D eigenvalue weighted by atomic mass is 9.82. The fourth-order valence-electron chi connectivity index (χ4n) is 3.23. The van der Waals surface area contributed by atoms with Gasteiger partial charge in [-0.1, -0.05) is 5.21 Å². The Balaban J connectivity index is 1.81. The summed E-state index contributed by atoms with van der Waals surface area (Å²) in [6.45, 7) is 0. The molecule has 0 aromatic carbocycles. The molecule has 154 valence electrons. The number of amides is 1. The molecule has 1 aliphatic rings. The maximum absolute atomic E-state index is 13.2. The molecule has 0 aliphatic heterocycles. The highest BCUT2D eigenvalue weighted by molar-refractivity contribution is 7.77. The maximum Gasteiger partial charge on any atom is 0.391 e. The van der Waals surface area contributed by atoms with E-state index < -0.39 is 59.9 Å². The first-order chi connectivity index (χ1) is 13.1. The number of carbonyl (C=O) groups excluding carboxylic acids is 1. The van der Waals surface area contributed by atoms with Crippen LogP contribution in [0.4, 0.5) is 13.2 Å². The summed E-state index contributed by atoms with van der Waals surface area (Å²) >= 11 is -2.74. The monoisotopic (exact) mass is 422 g/mol. The third kappa shape index (κ3) is 4.20. The van der Waals surface area contributed by atoms with E-state index in [4.69, 9.17) is 0 Å². The van der Waals surface area contributed by atoms with Crippen molar-refractivity contribution >= 4 is 22.8 Å². The van der Waals surface area contributed by atoms with E-state index in [9.17, 15) is 31.5 Å². The van der Waals surface area contributed by atoms with Gasteiger partial charge in [-0.3, -0.25) is 9.00 Å². The molecule has 3 rings (SSSR count). The Bertz CT molecular complexity index is 975. The Kier molecular flexibility index (Phi) is 5.49. The maximum atomic E-state index is 13.2. The van der Waals surface area contributed by atoms with Gasteiger partial charge in [-0.15, -0.1) is 5.10 Å². The van der Waals surface area contributed by atoms with Gasteiger partial charge in [0, 0.05) is 30.4 Å². The van der Waals surface area contributed by atoms with Crippen molar-refractivity contribution < 1.29 is 26.7 Å². The van der Waals surface area contributed by atoms with Gasteiger partial charge >= 0.3 is 11.9 Å². The molecule has 1 fully saturated rings. The molecule has 0 bridgehead atoms. The van der Waals surface area contributed by atoms with Crippen molar-refractivity contribution in [2.75, 3.05) is 0 Å². The van der Waals surface area contributed by atoms with Crippen LogP contribution in [0.1, 0.15) is 29.8 Å². The molecule has 2 N–H and O–H groups in total. The van der Waals surface area contributed by atoms with Crippen LogP contribution in [0.3, 0.4) is 0 Å². The molecule has 4 atom stereocenters. The zero-order valence-corrected chi connectivity index (χ0v) is 15.2. The number of halogens is 3. The van der Waals surface area contributed by atoms with Crippen molar-refractivity contribution in [3.8, 4) is 0 Å². The van der Waals surface area contributed by atoms with Crippen molar-refractivity contribution in [3.63, 3.8) is 0 Å². The molecular weight excluding hydrogens is 407 g/mol. The molecule has 15 heteroatoms. The zero-order chi connectivity index (χ0) is 20.6. The molecule has 28 heavy (non-hydrogen) atoms. The summed E-state index contributed by atoms with van der Waals surface area (Å²) in [5.74, 6) is -2.61. The second kappa shape index (κ2) is 7.56. The highest BCUT2D eigenvalue weighted by atomic mass is 32.2.